The molecule has 1 aromatic carbocycles. The average Bonchev–Trinajstić information content (AvgIpc) is 2.73. The Balaban J connectivity index is 1.37. The summed E-state index contributed by atoms with van der Waals surface area (Å²) < 4.78 is 0. The summed E-state index contributed by atoms with van der Waals surface area (Å²) >= 11 is 0. The molecule has 2 heterocycles. The van der Waals surface area contributed by atoms with Gasteiger partial charge in [0.25, 0.3) is 0 Å². The number of nitrogens with zero attached hydrogens (tertiary/aromatic N) is 3. The van der Waals surface area contributed by atoms with E-state index in [9.17, 15) is 9.59 Å². The fourth-order valence-electron chi connectivity index (χ4n) is 4.81. The quantitative estimate of drug-likeness (QED) is 0.678. The fourth-order valence-corrected chi connectivity index (χ4v) is 4.81. The number of carbonyl (C=O) groups excluding carboxylic acids is 2. The lowest BCUT2D eigenvalue weighted by atomic mass is 9.84. The second-order valence-corrected chi connectivity index (χ2v) is 8.82. The Kier molecular flexibility index (Phi) is 8.27. The molecule has 2 aliphatic heterocycles. The molecule has 1 aromatic rings. The van der Waals surface area contributed by atoms with Gasteiger partial charge in [-0.25, -0.2) is 4.79 Å². The van der Waals surface area contributed by atoms with Crippen molar-refractivity contribution >= 4 is 11.8 Å². The Bertz CT molecular complexity index is 741. The lowest BCUT2D eigenvalue weighted by molar-refractivity contribution is -0.119. The maximum Gasteiger partial charge on any atom is 0.317 e. The van der Waals surface area contributed by atoms with Crippen LogP contribution in [0.1, 0.15) is 50.2 Å². The molecule has 0 spiro atoms. The maximum absolute atomic E-state index is 12.6. The summed E-state index contributed by atoms with van der Waals surface area (Å²) in [5, 5.41) is 11.9. The van der Waals surface area contributed by atoms with Crippen molar-refractivity contribution < 1.29 is 9.59 Å². The molecule has 2 amide bonds. The van der Waals surface area contributed by atoms with Gasteiger partial charge in [0.15, 0.2) is 0 Å². The number of carbonyl (C=O) groups is 2. The van der Waals surface area contributed by atoms with Gasteiger partial charge in [0.2, 0.25) is 0 Å². The van der Waals surface area contributed by atoms with Crippen LogP contribution in [0.3, 0.4) is 0 Å². The standard InChI is InChI=1S/C24H34N4O2/c1-2-4-23(29)5-3-12-27-15-21-13-22(16-27)18-28(17-21)24(30)26-11-10-19-6-8-20(14-25)9-7-19/h6-9,21-22H,2-5,10-13,15-18H2,1H3,(H,26,30). The van der Waals surface area contributed by atoms with Gasteiger partial charge in [-0.3, -0.25) is 4.79 Å². The summed E-state index contributed by atoms with van der Waals surface area (Å²) in [4.78, 5) is 28.8. The van der Waals surface area contributed by atoms with Crippen LogP contribution in [0.15, 0.2) is 24.3 Å². The molecular formula is C24H34N4O2. The van der Waals surface area contributed by atoms with Crippen molar-refractivity contribution in [2.75, 3.05) is 39.3 Å². The molecule has 0 aliphatic carbocycles. The highest BCUT2D eigenvalue weighted by atomic mass is 16.2. The molecule has 0 aromatic heterocycles. The second-order valence-electron chi connectivity index (χ2n) is 8.82. The minimum atomic E-state index is 0.0388. The van der Waals surface area contributed by atoms with Crippen LogP contribution < -0.4 is 5.32 Å². The van der Waals surface area contributed by atoms with E-state index < -0.39 is 0 Å². The predicted octanol–water partition coefficient (Wildman–Crippen LogP) is 3.21. The van der Waals surface area contributed by atoms with E-state index in [1.807, 2.05) is 29.2 Å². The Morgan fingerprint density at radius 2 is 1.80 bits per heavy atom. The first-order valence-electron chi connectivity index (χ1n) is 11.3. The predicted molar refractivity (Wildman–Crippen MR) is 117 cm³/mol. The highest BCUT2D eigenvalue weighted by molar-refractivity contribution is 5.78. The molecule has 162 valence electrons. The first kappa shape index (κ1) is 22.3. The third-order valence-electron chi connectivity index (χ3n) is 6.18. The third-order valence-corrected chi connectivity index (χ3v) is 6.18. The van der Waals surface area contributed by atoms with Crippen molar-refractivity contribution in [1.29, 1.82) is 5.26 Å². The molecule has 2 saturated heterocycles. The molecule has 2 atom stereocenters. The monoisotopic (exact) mass is 410 g/mol. The smallest absolute Gasteiger partial charge is 0.317 e. The summed E-state index contributed by atoms with van der Waals surface area (Å²) in [7, 11) is 0. The number of benzene rings is 1. The molecule has 0 radical (unpaired) electrons. The molecule has 6 heteroatoms. The Morgan fingerprint density at radius 1 is 1.10 bits per heavy atom. The zero-order valence-electron chi connectivity index (χ0n) is 18.1. The van der Waals surface area contributed by atoms with Crippen molar-refractivity contribution in [3.05, 3.63) is 35.4 Å². The number of urea groups is 1. The van der Waals surface area contributed by atoms with E-state index in [4.69, 9.17) is 5.26 Å². The van der Waals surface area contributed by atoms with Crippen molar-refractivity contribution in [1.82, 2.24) is 15.1 Å². The first-order chi connectivity index (χ1) is 14.6. The van der Waals surface area contributed by atoms with Crippen LogP contribution in [0.5, 0.6) is 0 Å². The molecule has 2 fully saturated rings. The number of Topliss-reactive ketones (excluding diaryl/α,β-unsaturated/α-hetero) is 1. The lowest BCUT2D eigenvalue weighted by Crippen LogP contribution is -2.56. The number of hydrogen-bond donors (Lipinski definition) is 1. The minimum absolute atomic E-state index is 0.0388. The van der Waals surface area contributed by atoms with E-state index in [0.29, 0.717) is 42.6 Å². The lowest BCUT2D eigenvalue weighted by Gasteiger charge is -2.45. The molecule has 6 nitrogen and oxygen atoms in total. The Morgan fingerprint density at radius 3 is 2.43 bits per heavy atom. The van der Waals surface area contributed by atoms with Gasteiger partial charge in [0, 0.05) is 45.6 Å². The Labute approximate surface area is 180 Å². The van der Waals surface area contributed by atoms with Crippen LogP contribution in [0.25, 0.3) is 0 Å². The molecular weight excluding hydrogens is 376 g/mol. The Hall–Kier alpha value is -2.39. The molecule has 2 aliphatic rings. The number of likely N-dealkylation sites (tertiary alicyclic amines) is 2. The van der Waals surface area contributed by atoms with Gasteiger partial charge in [-0.2, -0.15) is 5.26 Å². The van der Waals surface area contributed by atoms with Gasteiger partial charge in [-0.05, 0) is 61.8 Å². The van der Waals surface area contributed by atoms with Crippen LogP contribution in [0, 0.1) is 23.2 Å². The van der Waals surface area contributed by atoms with Gasteiger partial charge < -0.3 is 15.1 Å². The number of nitriles is 1. The van der Waals surface area contributed by atoms with Crippen molar-refractivity contribution in [3.8, 4) is 6.07 Å². The SMILES string of the molecule is CCCC(=O)CCCN1CC2CC(C1)CN(C(=O)NCCc1ccc(C#N)cc1)C2. The summed E-state index contributed by atoms with van der Waals surface area (Å²) in [5.41, 5.74) is 1.78. The summed E-state index contributed by atoms with van der Waals surface area (Å²) in [5.74, 6) is 1.46. The van der Waals surface area contributed by atoms with E-state index in [1.54, 1.807) is 0 Å². The number of amides is 2. The highest BCUT2D eigenvalue weighted by Crippen LogP contribution is 2.28. The van der Waals surface area contributed by atoms with Gasteiger partial charge in [-0.15, -0.1) is 0 Å². The normalized spacial score (nSPS) is 21.1. The molecule has 30 heavy (non-hydrogen) atoms. The molecule has 0 saturated carbocycles. The number of ketones is 1. The summed E-state index contributed by atoms with van der Waals surface area (Å²) in [6.07, 6.45) is 5.28. The van der Waals surface area contributed by atoms with Gasteiger partial charge in [0.05, 0.1) is 11.6 Å². The molecule has 3 rings (SSSR count). The van der Waals surface area contributed by atoms with Crippen molar-refractivity contribution in [2.45, 2.75) is 45.4 Å². The van der Waals surface area contributed by atoms with Gasteiger partial charge >= 0.3 is 6.03 Å². The zero-order chi connectivity index (χ0) is 21.3. The van der Waals surface area contributed by atoms with Crippen LogP contribution in [0.4, 0.5) is 4.79 Å². The van der Waals surface area contributed by atoms with Gasteiger partial charge in [-0.1, -0.05) is 19.1 Å². The van der Waals surface area contributed by atoms with E-state index in [-0.39, 0.29) is 6.03 Å². The van der Waals surface area contributed by atoms with Gasteiger partial charge in [0.1, 0.15) is 5.78 Å². The fraction of sp³-hybridized carbons (Fsp3) is 0.625. The van der Waals surface area contributed by atoms with E-state index in [1.165, 1.54) is 6.42 Å². The molecule has 2 unspecified atom stereocenters. The van der Waals surface area contributed by atoms with Crippen LogP contribution in [0.2, 0.25) is 0 Å². The maximum atomic E-state index is 12.6. The first-order valence-corrected chi connectivity index (χ1v) is 11.3. The van der Waals surface area contributed by atoms with Crippen molar-refractivity contribution in [2.24, 2.45) is 11.8 Å². The average molecular weight is 411 g/mol. The van der Waals surface area contributed by atoms with E-state index >= 15 is 0 Å². The van der Waals surface area contributed by atoms with Crippen LogP contribution in [-0.2, 0) is 11.2 Å². The summed E-state index contributed by atoms with van der Waals surface area (Å²) in [6, 6.07) is 9.68. The largest absolute Gasteiger partial charge is 0.338 e. The second kappa shape index (κ2) is 11.1. The minimum Gasteiger partial charge on any atom is -0.338 e. The topological polar surface area (TPSA) is 76.4 Å². The zero-order valence-corrected chi connectivity index (χ0v) is 18.1. The number of rotatable bonds is 9. The number of hydrogen-bond acceptors (Lipinski definition) is 4. The third kappa shape index (κ3) is 6.56. The van der Waals surface area contributed by atoms with Crippen LogP contribution in [-0.4, -0.2) is 60.9 Å². The highest BCUT2D eigenvalue weighted by Gasteiger charge is 2.35. The van der Waals surface area contributed by atoms with Crippen LogP contribution >= 0.6 is 0 Å². The number of nitrogens with one attached hydrogen (secondary N) is 1. The number of piperidine rings is 2. The number of fused-ring (bicyclic) bond motifs is 2. The molecule has 2 bridgehead atoms. The molecule has 1 N–H and O–H groups in total. The van der Waals surface area contributed by atoms with E-state index in [2.05, 4.69) is 23.2 Å². The van der Waals surface area contributed by atoms with E-state index in [0.717, 1.165) is 57.5 Å². The summed E-state index contributed by atoms with van der Waals surface area (Å²) in [6.45, 7) is 7.38. The van der Waals surface area contributed by atoms with Crippen molar-refractivity contribution in [3.63, 3.8) is 0 Å².